The maximum Gasteiger partial charge on any atom is 0.272 e. The van der Waals surface area contributed by atoms with Crippen LogP contribution in [0.4, 0.5) is 5.69 Å². The van der Waals surface area contributed by atoms with E-state index < -0.39 is 0 Å². The number of nitrogens with two attached hydrogens (primary N) is 1. The summed E-state index contributed by atoms with van der Waals surface area (Å²) in [5.41, 5.74) is 10.7. The highest BCUT2D eigenvalue weighted by atomic mass is 35.5. The molecule has 5 nitrogen and oxygen atoms in total. The van der Waals surface area contributed by atoms with Crippen LogP contribution in [0.3, 0.4) is 0 Å². The number of aromatic amines is 2. The first-order valence-electron chi connectivity index (χ1n) is 9.62. The third-order valence-electron chi connectivity index (χ3n) is 5.95. The fraction of sp³-hybridized carbons (Fsp3) is 0.130. The summed E-state index contributed by atoms with van der Waals surface area (Å²) in [6.45, 7) is 0. The largest absolute Gasteiger partial charge is 0.394 e. The summed E-state index contributed by atoms with van der Waals surface area (Å²) in [4.78, 5) is 15.8. The van der Waals surface area contributed by atoms with Gasteiger partial charge < -0.3 is 10.7 Å². The van der Waals surface area contributed by atoms with Crippen LogP contribution in [0.25, 0.3) is 43.7 Å². The number of hydrogen-bond donors (Lipinski definition) is 3. The van der Waals surface area contributed by atoms with Crippen molar-refractivity contribution >= 4 is 49.9 Å². The molecule has 0 aliphatic heterocycles. The third-order valence-corrected chi connectivity index (χ3v) is 6.26. The number of halogens is 1. The van der Waals surface area contributed by atoms with Gasteiger partial charge >= 0.3 is 0 Å². The van der Waals surface area contributed by atoms with Gasteiger partial charge in [-0.3, -0.25) is 9.89 Å². The van der Waals surface area contributed by atoms with Crippen molar-refractivity contribution in [3.63, 3.8) is 0 Å². The predicted molar refractivity (Wildman–Crippen MR) is 119 cm³/mol. The molecule has 0 saturated heterocycles. The number of nitrogens with one attached hydrogen (secondary N) is 2. The van der Waals surface area contributed by atoms with E-state index >= 15 is 0 Å². The van der Waals surface area contributed by atoms with Gasteiger partial charge in [0.2, 0.25) is 0 Å². The molecule has 6 rings (SSSR count). The summed E-state index contributed by atoms with van der Waals surface area (Å²) in [5.74, 6) is 0.560. The molecule has 3 aromatic carbocycles. The molecule has 0 radical (unpaired) electrons. The lowest BCUT2D eigenvalue weighted by Crippen LogP contribution is -2.14. The second-order valence-corrected chi connectivity index (χ2v) is 8.11. The molecule has 2 aromatic heterocycles. The van der Waals surface area contributed by atoms with Gasteiger partial charge in [-0.1, -0.05) is 41.9 Å². The number of hydrogen-bond acceptors (Lipinski definition) is 3. The zero-order valence-corrected chi connectivity index (χ0v) is 16.2. The lowest BCUT2D eigenvalue weighted by Gasteiger charge is -2.15. The zero-order valence-electron chi connectivity index (χ0n) is 15.4. The van der Waals surface area contributed by atoms with E-state index in [1.165, 1.54) is 23.8 Å². The van der Waals surface area contributed by atoms with Crippen LogP contribution in [0, 0.1) is 0 Å². The normalized spacial score (nSPS) is 14.2. The third kappa shape index (κ3) is 2.34. The molecule has 2 heterocycles. The first kappa shape index (κ1) is 16.6. The molecule has 1 aliphatic carbocycles. The van der Waals surface area contributed by atoms with Gasteiger partial charge in [-0.15, -0.1) is 0 Å². The van der Waals surface area contributed by atoms with Crippen LogP contribution in [0.15, 0.2) is 53.5 Å². The molecule has 1 aliphatic rings. The van der Waals surface area contributed by atoms with Crippen LogP contribution in [0.5, 0.6) is 0 Å². The zero-order chi connectivity index (χ0) is 19.7. The highest BCUT2D eigenvalue weighted by Gasteiger charge is 2.27. The van der Waals surface area contributed by atoms with Crippen molar-refractivity contribution in [2.24, 2.45) is 0 Å². The van der Waals surface area contributed by atoms with Crippen molar-refractivity contribution in [1.29, 1.82) is 0 Å². The number of aromatic nitrogens is 3. The molecule has 5 aromatic rings. The summed E-state index contributed by atoms with van der Waals surface area (Å²) >= 11 is 6.33. The van der Waals surface area contributed by atoms with Crippen molar-refractivity contribution in [2.45, 2.75) is 18.8 Å². The molecule has 1 saturated carbocycles. The van der Waals surface area contributed by atoms with Crippen LogP contribution in [0.1, 0.15) is 24.3 Å². The van der Waals surface area contributed by atoms with Crippen LogP contribution < -0.4 is 11.3 Å². The Balaban J connectivity index is 1.83. The fourth-order valence-corrected chi connectivity index (χ4v) is 4.62. The Morgan fingerprint density at radius 3 is 2.59 bits per heavy atom. The molecule has 4 N–H and O–H groups in total. The number of fused-ring (bicyclic) bond motifs is 4. The lowest BCUT2D eigenvalue weighted by molar-refractivity contribution is 1.12. The van der Waals surface area contributed by atoms with Gasteiger partial charge in [0, 0.05) is 21.7 Å². The summed E-state index contributed by atoms with van der Waals surface area (Å²) in [6, 6.07) is 14.2. The van der Waals surface area contributed by atoms with E-state index in [1.807, 2.05) is 24.3 Å². The molecule has 1 fully saturated rings. The molecule has 0 spiro atoms. The van der Waals surface area contributed by atoms with Gasteiger partial charge in [-0.2, -0.15) is 5.10 Å². The average Bonchev–Trinajstić information content (AvgIpc) is 3.45. The minimum atomic E-state index is -0.289. The van der Waals surface area contributed by atoms with Crippen molar-refractivity contribution in [3.8, 4) is 11.1 Å². The first-order chi connectivity index (χ1) is 14.1. The van der Waals surface area contributed by atoms with Crippen molar-refractivity contribution in [3.05, 3.63) is 69.6 Å². The minimum Gasteiger partial charge on any atom is -0.394 e. The number of benzene rings is 3. The number of pyridine rings is 1. The second-order valence-electron chi connectivity index (χ2n) is 7.70. The Morgan fingerprint density at radius 2 is 1.79 bits per heavy atom. The number of anilines is 1. The monoisotopic (exact) mass is 400 g/mol. The second kappa shape index (κ2) is 5.84. The minimum absolute atomic E-state index is 0.208. The van der Waals surface area contributed by atoms with Gasteiger partial charge in [0.05, 0.1) is 22.3 Å². The van der Waals surface area contributed by atoms with Crippen LogP contribution >= 0.6 is 11.6 Å². The van der Waals surface area contributed by atoms with E-state index in [0.29, 0.717) is 10.9 Å². The Kier molecular flexibility index (Phi) is 3.35. The molecular formula is C23H17ClN4O. The topological polar surface area (TPSA) is 87.6 Å². The highest BCUT2D eigenvalue weighted by molar-refractivity contribution is 6.35. The number of nitrogens with zero attached hydrogens (tertiary/aromatic N) is 1. The maximum absolute atomic E-state index is 12.8. The Bertz CT molecular complexity index is 1510. The Labute approximate surface area is 170 Å². The maximum atomic E-state index is 12.8. The van der Waals surface area contributed by atoms with E-state index in [2.05, 4.69) is 33.4 Å². The summed E-state index contributed by atoms with van der Waals surface area (Å²) < 4.78 is 0. The molecule has 0 atom stereocenters. The summed E-state index contributed by atoms with van der Waals surface area (Å²) in [5, 5.41) is 11.7. The van der Waals surface area contributed by atoms with Gasteiger partial charge in [0.1, 0.15) is 5.69 Å². The van der Waals surface area contributed by atoms with Gasteiger partial charge in [-0.05, 0) is 47.4 Å². The number of nitrogen functional groups attached to an aromatic ring is 1. The SMILES string of the molecule is Nc1c(-c2ccc(Cl)c3[nH]ncc23)c2cc(C3CC3)c3ccccc3c2[nH]c1=O. The molecule has 29 heavy (non-hydrogen) atoms. The van der Waals surface area contributed by atoms with E-state index in [1.54, 1.807) is 6.20 Å². The van der Waals surface area contributed by atoms with E-state index in [-0.39, 0.29) is 11.2 Å². The fourth-order valence-electron chi connectivity index (χ4n) is 4.42. The van der Waals surface area contributed by atoms with Crippen LogP contribution in [-0.4, -0.2) is 15.2 Å². The molecular weight excluding hydrogens is 384 g/mol. The van der Waals surface area contributed by atoms with Gasteiger partial charge in [0.25, 0.3) is 5.56 Å². The molecule has 0 unspecified atom stereocenters. The Hall–Kier alpha value is -3.31. The quantitative estimate of drug-likeness (QED) is 0.349. The average molecular weight is 401 g/mol. The lowest BCUT2D eigenvalue weighted by atomic mass is 9.91. The van der Waals surface area contributed by atoms with Crippen LogP contribution in [0.2, 0.25) is 5.02 Å². The van der Waals surface area contributed by atoms with Crippen molar-refractivity contribution in [2.75, 3.05) is 5.73 Å². The van der Waals surface area contributed by atoms with Crippen molar-refractivity contribution < 1.29 is 0 Å². The van der Waals surface area contributed by atoms with Crippen LogP contribution in [-0.2, 0) is 0 Å². The van der Waals surface area contributed by atoms with E-state index in [4.69, 9.17) is 17.3 Å². The standard InChI is InChI=1S/C23H17ClN4O/c24-18-8-7-13(17-10-26-28-22(17)18)19-16-9-15(11-5-6-11)12-3-1-2-4-14(12)21(16)27-23(29)20(19)25/h1-4,7-11H,5-6,25H2,(H,26,28)(H,27,29). The number of H-pyrrole nitrogens is 2. The molecule has 142 valence electrons. The van der Waals surface area contributed by atoms with E-state index in [0.717, 1.165) is 38.3 Å². The summed E-state index contributed by atoms with van der Waals surface area (Å²) in [7, 11) is 0. The van der Waals surface area contributed by atoms with Crippen molar-refractivity contribution in [1.82, 2.24) is 15.2 Å². The molecule has 6 heteroatoms. The van der Waals surface area contributed by atoms with Gasteiger partial charge in [-0.25, -0.2) is 0 Å². The first-order valence-corrected chi connectivity index (χ1v) is 10.0. The highest BCUT2D eigenvalue weighted by Crippen LogP contribution is 2.47. The van der Waals surface area contributed by atoms with E-state index in [9.17, 15) is 4.79 Å². The molecule has 0 bridgehead atoms. The number of rotatable bonds is 2. The van der Waals surface area contributed by atoms with Gasteiger partial charge in [0.15, 0.2) is 0 Å². The predicted octanol–water partition coefficient (Wildman–Crippen LogP) is 5.34. The molecule has 0 amide bonds. The smallest absolute Gasteiger partial charge is 0.272 e. The Morgan fingerprint density at radius 1 is 1.00 bits per heavy atom. The summed E-state index contributed by atoms with van der Waals surface area (Å²) in [6.07, 6.45) is 4.11.